The second-order valence-electron chi connectivity index (χ2n) is 5.34. The van der Waals surface area contributed by atoms with E-state index in [1.807, 2.05) is 0 Å². The van der Waals surface area contributed by atoms with Crippen LogP contribution in [0.4, 0.5) is 11.5 Å². The highest BCUT2D eigenvalue weighted by Gasteiger charge is 2.24. The molecule has 1 aliphatic carbocycles. The van der Waals surface area contributed by atoms with E-state index in [1.54, 1.807) is 50.7 Å². The molecule has 1 amide bonds. The third-order valence-corrected chi connectivity index (χ3v) is 3.61. The average molecular weight is 313 g/mol. The summed E-state index contributed by atoms with van der Waals surface area (Å²) < 4.78 is 10.4. The fourth-order valence-electron chi connectivity index (χ4n) is 2.24. The number of amides is 1. The van der Waals surface area contributed by atoms with E-state index in [0.29, 0.717) is 34.6 Å². The van der Waals surface area contributed by atoms with Crippen molar-refractivity contribution in [2.75, 3.05) is 24.9 Å². The average Bonchev–Trinajstić information content (AvgIpc) is 3.39. The molecule has 0 radical (unpaired) electrons. The number of methoxy groups -OCH3 is 2. The highest BCUT2D eigenvalue weighted by molar-refractivity contribution is 6.07. The van der Waals surface area contributed by atoms with Crippen molar-refractivity contribution in [3.63, 3.8) is 0 Å². The van der Waals surface area contributed by atoms with Crippen molar-refractivity contribution < 1.29 is 14.3 Å². The second-order valence-corrected chi connectivity index (χ2v) is 5.34. The van der Waals surface area contributed by atoms with Crippen LogP contribution in [0.5, 0.6) is 11.5 Å². The van der Waals surface area contributed by atoms with E-state index in [1.165, 1.54) is 0 Å². The van der Waals surface area contributed by atoms with Crippen molar-refractivity contribution in [3.8, 4) is 11.5 Å². The van der Waals surface area contributed by atoms with Crippen LogP contribution in [0, 0.1) is 0 Å². The summed E-state index contributed by atoms with van der Waals surface area (Å²) in [7, 11) is 3.13. The maximum atomic E-state index is 12.5. The Kier molecular flexibility index (Phi) is 4.32. The smallest absolute Gasteiger partial charge is 0.259 e. The predicted molar refractivity (Wildman–Crippen MR) is 88.4 cm³/mol. The van der Waals surface area contributed by atoms with Gasteiger partial charge in [-0.15, -0.1) is 0 Å². The summed E-state index contributed by atoms with van der Waals surface area (Å²) in [6.07, 6.45) is 3.92. The Morgan fingerprint density at radius 1 is 1.17 bits per heavy atom. The molecule has 6 heteroatoms. The van der Waals surface area contributed by atoms with Gasteiger partial charge in [0.05, 0.1) is 19.8 Å². The second kappa shape index (κ2) is 6.56. The first kappa shape index (κ1) is 15.1. The van der Waals surface area contributed by atoms with E-state index in [0.717, 1.165) is 12.8 Å². The quantitative estimate of drug-likeness (QED) is 0.858. The zero-order valence-electron chi connectivity index (χ0n) is 13.1. The maximum absolute atomic E-state index is 12.5. The maximum Gasteiger partial charge on any atom is 0.259 e. The van der Waals surface area contributed by atoms with Gasteiger partial charge in [-0.05, 0) is 37.1 Å². The molecule has 23 heavy (non-hydrogen) atoms. The lowest BCUT2D eigenvalue weighted by atomic mass is 10.2. The van der Waals surface area contributed by atoms with Crippen LogP contribution >= 0.6 is 0 Å². The van der Waals surface area contributed by atoms with Crippen LogP contribution < -0.4 is 20.1 Å². The van der Waals surface area contributed by atoms with Gasteiger partial charge in [-0.25, -0.2) is 4.98 Å². The van der Waals surface area contributed by atoms with Crippen LogP contribution in [0.2, 0.25) is 0 Å². The minimum atomic E-state index is -0.214. The number of hydrogen-bond acceptors (Lipinski definition) is 5. The molecular weight excluding hydrogens is 294 g/mol. The van der Waals surface area contributed by atoms with E-state index < -0.39 is 0 Å². The van der Waals surface area contributed by atoms with Crippen LogP contribution in [0.25, 0.3) is 0 Å². The SMILES string of the molecule is COc1ccc(NC(=O)c2cccnc2NC2CC2)cc1OC. The number of carbonyl (C=O) groups excluding carboxylic acids is 1. The number of pyridine rings is 1. The first-order valence-electron chi connectivity index (χ1n) is 7.46. The molecule has 0 bridgehead atoms. The van der Waals surface area contributed by atoms with Gasteiger partial charge in [-0.2, -0.15) is 0 Å². The number of nitrogens with one attached hydrogen (secondary N) is 2. The fourth-order valence-corrected chi connectivity index (χ4v) is 2.24. The summed E-state index contributed by atoms with van der Waals surface area (Å²) in [5, 5.41) is 6.14. The van der Waals surface area contributed by atoms with Crippen molar-refractivity contribution in [1.82, 2.24) is 4.98 Å². The summed E-state index contributed by atoms with van der Waals surface area (Å²) in [5.74, 6) is 1.58. The zero-order valence-corrected chi connectivity index (χ0v) is 13.1. The summed E-state index contributed by atoms with van der Waals surface area (Å²) in [6.45, 7) is 0. The number of ether oxygens (including phenoxy) is 2. The van der Waals surface area contributed by atoms with Crippen molar-refractivity contribution in [3.05, 3.63) is 42.1 Å². The van der Waals surface area contributed by atoms with Crippen LogP contribution in [0.15, 0.2) is 36.5 Å². The molecule has 1 aromatic carbocycles. The minimum absolute atomic E-state index is 0.214. The summed E-state index contributed by atoms with van der Waals surface area (Å²) in [6, 6.07) is 9.18. The number of rotatable bonds is 6. The van der Waals surface area contributed by atoms with Gasteiger partial charge >= 0.3 is 0 Å². The van der Waals surface area contributed by atoms with Crippen LogP contribution in [-0.2, 0) is 0 Å². The van der Waals surface area contributed by atoms with E-state index in [9.17, 15) is 4.79 Å². The minimum Gasteiger partial charge on any atom is -0.493 e. The molecule has 3 rings (SSSR count). The Morgan fingerprint density at radius 2 is 1.96 bits per heavy atom. The van der Waals surface area contributed by atoms with E-state index in [-0.39, 0.29) is 5.91 Å². The van der Waals surface area contributed by atoms with Crippen molar-refractivity contribution >= 4 is 17.4 Å². The number of aromatic nitrogens is 1. The van der Waals surface area contributed by atoms with Crippen LogP contribution in [-0.4, -0.2) is 31.2 Å². The molecule has 0 spiro atoms. The molecule has 120 valence electrons. The molecule has 0 saturated heterocycles. The van der Waals surface area contributed by atoms with Gasteiger partial charge in [0.1, 0.15) is 5.82 Å². The van der Waals surface area contributed by atoms with E-state index in [4.69, 9.17) is 9.47 Å². The third kappa shape index (κ3) is 3.53. The molecule has 0 aliphatic heterocycles. The summed E-state index contributed by atoms with van der Waals surface area (Å²) in [4.78, 5) is 16.8. The van der Waals surface area contributed by atoms with Gasteiger partial charge in [0, 0.05) is 24.0 Å². The summed E-state index contributed by atoms with van der Waals surface area (Å²) >= 11 is 0. The van der Waals surface area contributed by atoms with Crippen molar-refractivity contribution in [2.45, 2.75) is 18.9 Å². The highest BCUT2D eigenvalue weighted by Crippen LogP contribution is 2.30. The molecule has 0 atom stereocenters. The molecule has 1 saturated carbocycles. The van der Waals surface area contributed by atoms with Gasteiger partial charge < -0.3 is 20.1 Å². The Labute approximate surface area is 134 Å². The lowest BCUT2D eigenvalue weighted by molar-refractivity contribution is 0.102. The van der Waals surface area contributed by atoms with Crippen molar-refractivity contribution in [1.29, 1.82) is 0 Å². The molecule has 2 aromatic rings. The van der Waals surface area contributed by atoms with Gasteiger partial charge in [-0.1, -0.05) is 0 Å². The molecule has 1 aliphatic rings. The standard InChI is InChI=1S/C17H19N3O3/c1-22-14-8-7-12(10-15(14)23-2)20-17(21)13-4-3-9-18-16(13)19-11-5-6-11/h3-4,7-11H,5-6H2,1-2H3,(H,18,19)(H,20,21). The first-order chi connectivity index (χ1) is 11.2. The predicted octanol–water partition coefficient (Wildman–Crippen LogP) is 2.93. The number of nitrogens with zero attached hydrogens (tertiary/aromatic N) is 1. The molecule has 1 fully saturated rings. The van der Waals surface area contributed by atoms with Gasteiger partial charge in [-0.3, -0.25) is 4.79 Å². The van der Waals surface area contributed by atoms with Crippen LogP contribution in [0.3, 0.4) is 0 Å². The molecule has 2 N–H and O–H groups in total. The number of benzene rings is 1. The summed E-state index contributed by atoms with van der Waals surface area (Å²) in [5.41, 5.74) is 1.16. The highest BCUT2D eigenvalue weighted by atomic mass is 16.5. The molecule has 0 unspecified atom stereocenters. The lowest BCUT2D eigenvalue weighted by Gasteiger charge is -2.12. The fraction of sp³-hybridized carbons (Fsp3) is 0.294. The van der Waals surface area contributed by atoms with Gasteiger partial charge in [0.25, 0.3) is 5.91 Å². The Balaban J connectivity index is 1.79. The zero-order chi connectivity index (χ0) is 16.2. The number of anilines is 2. The van der Waals surface area contributed by atoms with E-state index >= 15 is 0 Å². The Bertz CT molecular complexity index is 714. The largest absolute Gasteiger partial charge is 0.493 e. The first-order valence-corrected chi connectivity index (χ1v) is 7.46. The van der Waals surface area contributed by atoms with Crippen molar-refractivity contribution in [2.24, 2.45) is 0 Å². The lowest BCUT2D eigenvalue weighted by Crippen LogP contribution is -2.16. The topological polar surface area (TPSA) is 72.5 Å². The normalized spacial score (nSPS) is 13.3. The Hall–Kier alpha value is -2.76. The van der Waals surface area contributed by atoms with Crippen LogP contribution in [0.1, 0.15) is 23.2 Å². The molecular formula is C17H19N3O3. The number of hydrogen-bond donors (Lipinski definition) is 2. The molecule has 1 heterocycles. The third-order valence-electron chi connectivity index (χ3n) is 3.61. The Morgan fingerprint density at radius 3 is 2.65 bits per heavy atom. The van der Waals surface area contributed by atoms with Gasteiger partial charge in [0.15, 0.2) is 11.5 Å². The monoisotopic (exact) mass is 313 g/mol. The van der Waals surface area contributed by atoms with E-state index in [2.05, 4.69) is 15.6 Å². The van der Waals surface area contributed by atoms with Gasteiger partial charge in [0.2, 0.25) is 0 Å². The molecule has 1 aromatic heterocycles. The number of carbonyl (C=O) groups is 1. The molecule has 6 nitrogen and oxygen atoms in total.